The number of nitrogens with two attached hydrogens (primary N) is 1. The maximum Gasteiger partial charge on any atom is 0.335 e. The zero-order valence-electron chi connectivity index (χ0n) is 8.03. The van der Waals surface area contributed by atoms with Gasteiger partial charge in [0.15, 0.2) is 0 Å². The van der Waals surface area contributed by atoms with E-state index in [1.165, 1.54) is 0 Å². The van der Waals surface area contributed by atoms with Crippen LogP contribution in [0.2, 0.25) is 0 Å². The highest BCUT2D eigenvalue weighted by molar-refractivity contribution is 5.87. The molecular weight excluding hydrogens is 178 g/mol. The molecule has 3 nitrogen and oxygen atoms in total. The monoisotopic (exact) mass is 191 g/mol. The quantitative estimate of drug-likeness (QED) is 0.717. The number of aryl methyl sites for hydroxylation is 1. The number of carboxylic acid groups (broad SMARTS) is 1. The highest BCUT2D eigenvalue weighted by Gasteiger charge is 2.08. The van der Waals surface area contributed by atoms with Crippen molar-refractivity contribution in [2.24, 2.45) is 5.73 Å². The summed E-state index contributed by atoms with van der Waals surface area (Å²) < 4.78 is 0. The lowest BCUT2D eigenvalue weighted by molar-refractivity contribution is 0.0697. The maximum absolute atomic E-state index is 10.7. The van der Waals surface area contributed by atoms with Gasteiger partial charge in [0.1, 0.15) is 0 Å². The first kappa shape index (κ1) is 10.5. The Morgan fingerprint density at radius 1 is 1.64 bits per heavy atom. The fraction of sp³-hybridized carbons (Fsp3) is 0.182. The lowest BCUT2D eigenvalue weighted by Crippen LogP contribution is -2.09. The maximum atomic E-state index is 10.7. The highest BCUT2D eigenvalue weighted by atomic mass is 16.4. The number of benzene rings is 1. The first-order valence-electron chi connectivity index (χ1n) is 4.28. The van der Waals surface area contributed by atoms with Crippen LogP contribution in [0, 0.1) is 6.92 Å². The lowest BCUT2D eigenvalue weighted by Gasteiger charge is -2.10. The van der Waals surface area contributed by atoms with Crippen molar-refractivity contribution in [3.63, 3.8) is 0 Å². The summed E-state index contributed by atoms with van der Waals surface area (Å²) in [4.78, 5) is 10.7. The summed E-state index contributed by atoms with van der Waals surface area (Å²) in [6.45, 7) is 5.43. The second kappa shape index (κ2) is 4.07. The molecule has 1 atom stereocenters. The Labute approximate surface area is 82.9 Å². The SMILES string of the molecule is C=CC(N)c1ccc(C(=O)O)cc1C. The highest BCUT2D eigenvalue weighted by Crippen LogP contribution is 2.17. The Balaban J connectivity index is 3.13. The molecule has 0 spiro atoms. The van der Waals surface area contributed by atoms with E-state index in [2.05, 4.69) is 6.58 Å². The van der Waals surface area contributed by atoms with E-state index in [1.807, 2.05) is 6.92 Å². The van der Waals surface area contributed by atoms with E-state index in [-0.39, 0.29) is 11.6 Å². The summed E-state index contributed by atoms with van der Waals surface area (Å²) in [6.07, 6.45) is 1.63. The molecular formula is C11H13NO2. The molecule has 0 fully saturated rings. The Morgan fingerprint density at radius 2 is 2.29 bits per heavy atom. The smallest absolute Gasteiger partial charge is 0.335 e. The molecule has 0 radical (unpaired) electrons. The third-order valence-electron chi connectivity index (χ3n) is 2.13. The van der Waals surface area contributed by atoms with Crippen LogP contribution in [0.15, 0.2) is 30.9 Å². The third kappa shape index (κ3) is 2.00. The van der Waals surface area contributed by atoms with Gasteiger partial charge in [-0.25, -0.2) is 4.79 Å². The molecule has 0 saturated heterocycles. The minimum atomic E-state index is -0.924. The zero-order chi connectivity index (χ0) is 10.7. The molecule has 74 valence electrons. The molecule has 14 heavy (non-hydrogen) atoms. The molecule has 0 bridgehead atoms. The average Bonchev–Trinajstić information content (AvgIpc) is 2.16. The number of carboxylic acids is 1. The first-order valence-corrected chi connectivity index (χ1v) is 4.28. The Hall–Kier alpha value is -1.61. The summed E-state index contributed by atoms with van der Waals surface area (Å²) >= 11 is 0. The average molecular weight is 191 g/mol. The van der Waals surface area contributed by atoms with E-state index >= 15 is 0 Å². The number of aromatic carboxylic acids is 1. The molecule has 1 unspecified atom stereocenters. The largest absolute Gasteiger partial charge is 0.478 e. The molecule has 1 aromatic carbocycles. The van der Waals surface area contributed by atoms with Crippen LogP contribution < -0.4 is 5.73 Å². The van der Waals surface area contributed by atoms with Gasteiger partial charge in [-0.15, -0.1) is 6.58 Å². The number of rotatable bonds is 3. The van der Waals surface area contributed by atoms with E-state index in [9.17, 15) is 4.79 Å². The van der Waals surface area contributed by atoms with Crippen LogP contribution in [0.4, 0.5) is 0 Å². The second-order valence-electron chi connectivity index (χ2n) is 3.14. The third-order valence-corrected chi connectivity index (χ3v) is 2.13. The van der Waals surface area contributed by atoms with Crippen molar-refractivity contribution >= 4 is 5.97 Å². The van der Waals surface area contributed by atoms with Gasteiger partial charge in [0.05, 0.1) is 5.56 Å². The van der Waals surface area contributed by atoms with Crippen LogP contribution in [-0.2, 0) is 0 Å². The van der Waals surface area contributed by atoms with Gasteiger partial charge in [-0.2, -0.15) is 0 Å². The molecule has 3 heteroatoms. The number of carbonyl (C=O) groups is 1. The van der Waals surface area contributed by atoms with Crippen molar-refractivity contribution in [2.45, 2.75) is 13.0 Å². The van der Waals surface area contributed by atoms with Crippen molar-refractivity contribution in [2.75, 3.05) is 0 Å². The molecule has 0 amide bonds. The fourth-order valence-corrected chi connectivity index (χ4v) is 1.31. The Morgan fingerprint density at radius 3 is 2.71 bits per heavy atom. The molecule has 0 aliphatic rings. The van der Waals surface area contributed by atoms with Crippen LogP contribution in [0.3, 0.4) is 0 Å². The Kier molecular flexibility index (Phi) is 3.04. The minimum absolute atomic E-state index is 0.238. The molecule has 1 aromatic rings. The van der Waals surface area contributed by atoms with Gasteiger partial charge in [-0.05, 0) is 30.2 Å². The van der Waals surface area contributed by atoms with Crippen molar-refractivity contribution in [3.8, 4) is 0 Å². The first-order chi connectivity index (χ1) is 6.56. The molecule has 0 saturated carbocycles. The van der Waals surface area contributed by atoms with Crippen LogP contribution in [-0.4, -0.2) is 11.1 Å². The van der Waals surface area contributed by atoms with Crippen LogP contribution >= 0.6 is 0 Å². The predicted molar refractivity (Wildman–Crippen MR) is 55.3 cm³/mol. The zero-order valence-corrected chi connectivity index (χ0v) is 8.03. The van der Waals surface area contributed by atoms with Crippen LogP contribution in [0.25, 0.3) is 0 Å². The normalized spacial score (nSPS) is 12.1. The molecule has 0 heterocycles. The summed E-state index contributed by atoms with van der Waals surface area (Å²) in [6, 6.07) is 4.65. The van der Waals surface area contributed by atoms with Crippen molar-refractivity contribution in [1.82, 2.24) is 0 Å². The molecule has 0 aliphatic heterocycles. The van der Waals surface area contributed by atoms with Gasteiger partial charge < -0.3 is 10.8 Å². The fourth-order valence-electron chi connectivity index (χ4n) is 1.31. The Bertz CT molecular complexity index is 372. The minimum Gasteiger partial charge on any atom is -0.478 e. The van der Waals surface area contributed by atoms with Gasteiger partial charge in [0, 0.05) is 6.04 Å². The lowest BCUT2D eigenvalue weighted by atomic mass is 9.99. The molecule has 0 aromatic heterocycles. The topological polar surface area (TPSA) is 63.3 Å². The van der Waals surface area contributed by atoms with Crippen molar-refractivity contribution in [3.05, 3.63) is 47.5 Å². The van der Waals surface area contributed by atoms with E-state index < -0.39 is 5.97 Å². The summed E-state index contributed by atoms with van der Waals surface area (Å²) in [7, 11) is 0. The van der Waals surface area contributed by atoms with E-state index in [0.29, 0.717) is 0 Å². The summed E-state index contributed by atoms with van der Waals surface area (Å²) in [5.74, 6) is -0.924. The van der Waals surface area contributed by atoms with Crippen molar-refractivity contribution < 1.29 is 9.90 Å². The van der Waals surface area contributed by atoms with Gasteiger partial charge in [-0.3, -0.25) is 0 Å². The van der Waals surface area contributed by atoms with Crippen LogP contribution in [0.1, 0.15) is 27.5 Å². The van der Waals surface area contributed by atoms with Gasteiger partial charge in [0.2, 0.25) is 0 Å². The van der Waals surface area contributed by atoms with Crippen LogP contribution in [0.5, 0.6) is 0 Å². The predicted octanol–water partition coefficient (Wildman–Crippen LogP) is 1.88. The molecule has 3 N–H and O–H groups in total. The number of hydrogen-bond donors (Lipinski definition) is 2. The van der Waals surface area contributed by atoms with Crippen molar-refractivity contribution in [1.29, 1.82) is 0 Å². The van der Waals surface area contributed by atoms with E-state index in [0.717, 1.165) is 11.1 Å². The molecule has 1 rings (SSSR count). The molecule has 0 aliphatic carbocycles. The van der Waals surface area contributed by atoms with E-state index in [4.69, 9.17) is 10.8 Å². The van der Waals surface area contributed by atoms with Gasteiger partial charge in [0.25, 0.3) is 0 Å². The summed E-state index contributed by atoms with van der Waals surface area (Å²) in [5, 5.41) is 8.74. The van der Waals surface area contributed by atoms with Gasteiger partial charge in [-0.1, -0.05) is 12.1 Å². The summed E-state index contributed by atoms with van der Waals surface area (Å²) in [5.41, 5.74) is 7.82. The standard InChI is InChI=1S/C11H13NO2/c1-3-10(12)9-5-4-8(11(13)14)6-7(9)2/h3-6,10H,1,12H2,2H3,(H,13,14). The van der Waals surface area contributed by atoms with Gasteiger partial charge >= 0.3 is 5.97 Å². The van der Waals surface area contributed by atoms with E-state index in [1.54, 1.807) is 24.3 Å². The second-order valence-corrected chi connectivity index (χ2v) is 3.14. The number of hydrogen-bond acceptors (Lipinski definition) is 2.